The lowest BCUT2D eigenvalue weighted by Gasteiger charge is -2.25. The van der Waals surface area contributed by atoms with Crippen LogP contribution in [0.15, 0.2) is 18.2 Å². The van der Waals surface area contributed by atoms with E-state index < -0.39 is 0 Å². The maximum absolute atomic E-state index is 11.6. The number of carbonyl (C=O) groups is 1. The van der Waals surface area contributed by atoms with Crippen LogP contribution < -0.4 is 5.32 Å². The highest BCUT2D eigenvalue weighted by molar-refractivity contribution is 5.75. The molecule has 2 rings (SSSR count). The Bertz CT molecular complexity index is 401. The lowest BCUT2D eigenvalue weighted by Crippen LogP contribution is -2.31. The zero-order valence-electron chi connectivity index (χ0n) is 9.75. The van der Waals surface area contributed by atoms with Gasteiger partial charge in [-0.3, -0.25) is 4.79 Å². The minimum absolute atomic E-state index is 0.0470. The number of anilines is 1. The highest BCUT2D eigenvalue weighted by Gasteiger charge is 2.25. The van der Waals surface area contributed by atoms with E-state index >= 15 is 0 Å². The number of esters is 1. The zero-order chi connectivity index (χ0) is 11.5. The topological polar surface area (TPSA) is 38.3 Å². The van der Waals surface area contributed by atoms with Gasteiger partial charge in [-0.25, -0.2) is 0 Å². The molecule has 1 atom stereocenters. The van der Waals surface area contributed by atoms with E-state index in [0.29, 0.717) is 13.2 Å². The summed E-state index contributed by atoms with van der Waals surface area (Å²) < 4.78 is 5.05. The molecule has 1 aromatic carbocycles. The third-order valence-electron chi connectivity index (χ3n) is 2.89. The van der Waals surface area contributed by atoms with Crippen molar-refractivity contribution >= 4 is 11.7 Å². The number of carbonyl (C=O) groups excluding carboxylic acids is 1. The molecule has 3 heteroatoms. The van der Waals surface area contributed by atoms with E-state index in [1.807, 2.05) is 6.92 Å². The largest absolute Gasteiger partial charge is 0.466 e. The summed E-state index contributed by atoms with van der Waals surface area (Å²) >= 11 is 0. The van der Waals surface area contributed by atoms with E-state index in [9.17, 15) is 4.79 Å². The lowest BCUT2D eigenvalue weighted by atomic mass is 9.93. The van der Waals surface area contributed by atoms with Crippen LogP contribution in [0.2, 0.25) is 0 Å². The number of rotatable bonds is 2. The SMILES string of the molecule is CCOC(=O)[C@@H]1CNc2ccc(C)cc2C1. The molecule has 0 bridgehead atoms. The van der Waals surface area contributed by atoms with Gasteiger partial charge in [0.2, 0.25) is 0 Å². The molecule has 1 aliphatic heterocycles. The molecule has 0 saturated heterocycles. The Balaban J connectivity index is 2.13. The molecule has 1 aliphatic rings. The Morgan fingerprint density at radius 2 is 2.38 bits per heavy atom. The maximum atomic E-state index is 11.6. The second-order valence-corrected chi connectivity index (χ2v) is 4.19. The van der Waals surface area contributed by atoms with Crippen molar-refractivity contribution in [2.24, 2.45) is 5.92 Å². The number of ether oxygens (including phenoxy) is 1. The first-order valence-electron chi connectivity index (χ1n) is 5.70. The molecule has 0 radical (unpaired) electrons. The van der Waals surface area contributed by atoms with Crippen molar-refractivity contribution in [2.75, 3.05) is 18.5 Å². The summed E-state index contributed by atoms with van der Waals surface area (Å²) in [6.07, 6.45) is 0.781. The van der Waals surface area contributed by atoms with Crippen molar-refractivity contribution < 1.29 is 9.53 Å². The Morgan fingerprint density at radius 3 is 3.12 bits per heavy atom. The Hall–Kier alpha value is -1.51. The fourth-order valence-electron chi connectivity index (χ4n) is 2.06. The van der Waals surface area contributed by atoms with Gasteiger partial charge in [0.1, 0.15) is 0 Å². The summed E-state index contributed by atoms with van der Waals surface area (Å²) in [5.74, 6) is -0.142. The predicted octanol–water partition coefficient (Wildman–Crippen LogP) is 2.14. The molecule has 0 aromatic heterocycles. The molecule has 0 unspecified atom stereocenters. The molecule has 1 aromatic rings. The number of aryl methyl sites for hydroxylation is 1. The van der Waals surface area contributed by atoms with E-state index in [1.54, 1.807) is 0 Å². The van der Waals surface area contributed by atoms with E-state index in [0.717, 1.165) is 12.1 Å². The number of nitrogens with one attached hydrogen (secondary N) is 1. The molecule has 1 heterocycles. The normalized spacial score (nSPS) is 18.5. The third kappa shape index (κ3) is 2.18. The predicted molar refractivity (Wildman–Crippen MR) is 63.5 cm³/mol. The van der Waals surface area contributed by atoms with Crippen molar-refractivity contribution in [1.82, 2.24) is 0 Å². The summed E-state index contributed by atoms with van der Waals surface area (Å²) in [6, 6.07) is 6.29. The van der Waals surface area contributed by atoms with Crippen molar-refractivity contribution in [3.63, 3.8) is 0 Å². The monoisotopic (exact) mass is 219 g/mol. The van der Waals surface area contributed by atoms with Crippen molar-refractivity contribution in [3.05, 3.63) is 29.3 Å². The average molecular weight is 219 g/mol. The molecule has 16 heavy (non-hydrogen) atoms. The molecular weight excluding hydrogens is 202 g/mol. The van der Waals surface area contributed by atoms with Crippen LogP contribution in [0.3, 0.4) is 0 Å². The van der Waals surface area contributed by atoms with Gasteiger partial charge in [0.05, 0.1) is 12.5 Å². The van der Waals surface area contributed by atoms with Crippen LogP contribution in [0.4, 0.5) is 5.69 Å². The van der Waals surface area contributed by atoms with Gasteiger partial charge in [-0.1, -0.05) is 17.7 Å². The van der Waals surface area contributed by atoms with Crippen LogP contribution in [0.1, 0.15) is 18.1 Å². The quantitative estimate of drug-likeness (QED) is 0.774. The molecule has 86 valence electrons. The first-order valence-corrected chi connectivity index (χ1v) is 5.70. The average Bonchev–Trinajstić information content (AvgIpc) is 2.28. The molecule has 1 N–H and O–H groups in total. The van der Waals surface area contributed by atoms with Crippen LogP contribution in [0, 0.1) is 12.8 Å². The van der Waals surface area contributed by atoms with Gasteiger partial charge < -0.3 is 10.1 Å². The standard InChI is InChI=1S/C13H17NO2/c1-3-16-13(15)11-7-10-6-9(2)4-5-12(10)14-8-11/h4-6,11,14H,3,7-8H2,1-2H3/t11-/m0/s1. The maximum Gasteiger partial charge on any atom is 0.311 e. The Labute approximate surface area is 95.8 Å². The van der Waals surface area contributed by atoms with E-state index in [-0.39, 0.29) is 11.9 Å². The second-order valence-electron chi connectivity index (χ2n) is 4.19. The summed E-state index contributed by atoms with van der Waals surface area (Å²) in [5.41, 5.74) is 3.58. The molecule has 0 saturated carbocycles. The summed E-state index contributed by atoms with van der Waals surface area (Å²) in [4.78, 5) is 11.6. The first kappa shape index (κ1) is 11.0. The molecule has 0 amide bonds. The minimum atomic E-state index is -0.0952. The molecule has 0 spiro atoms. The fourth-order valence-corrected chi connectivity index (χ4v) is 2.06. The fraction of sp³-hybridized carbons (Fsp3) is 0.462. The van der Waals surface area contributed by atoms with Gasteiger partial charge in [0, 0.05) is 12.2 Å². The zero-order valence-corrected chi connectivity index (χ0v) is 9.75. The Kier molecular flexibility index (Phi) is 3.13. The van der Waals surface area contributed by atoms with Crippen LogP contribution >= 0.6 is 0 Å². The summed E-state index contributed by atoms with van der Waals surface area (Å²) in [5, 5.41) is 3.28. The van der Waals surface area contributed by atoms with Crippen LogP contribution in [0.5, 0.6) is 0 Å². The summed E-state index contributed by atoms with van der Waals surface area (Å²) in [6.45, 7) is 5.03. The minimum Gasteiger partial charge on any atom is -0.466 e. The van der Waals surface area contributed by atoms with Crippen LogP contribution in [-0.4, -0.2) is 19.1 Å². The molecule has 3 nitrogen and oxygen atoms in total. The lowest BCUT2D eigenvalue weighted by molar-refractivity contribution is -0.147. The van der Waals surface area contributed by atoms with E-state index in [4.69, 9.17) is 4.74 Å². The highest BCUT2D eigenvalue weighted by Crippen LogP contribution is 2.26. The first-order chi connectivity index (χ1) is 7.70. The summed E-state index contributed by atoms with van der Waals surface area (Å²) in [7, 11) is 0. The van der Waals surface area contributed by atoms with Crippen LogP contribution in [0.25, 0.3) is 0 Å². The number of hydrogen-bond donors (Lipinski definition) is 1. The van der Waals surface area contributed by atoms with Crippen molar-refractivity contribution in [2.45, 2.75) is 20.3 Å². The Morgan fingerprint density at radius 1 is 1.56 bits per heavy atom. The number of fused-ring (bicyclic) bond motifs is 1. The van der Waals surface area contributed by atoms with Gasteiger partial charge in [-0.15, -0.1) is 0 Å². The van der Waals surface area contributed by atoms with Crippen LogP contribution in [-0.2, 0) is 16.0 Å². The smallest absolute Gasteiger partial charge is 0.311 e. The van der Waals surface area contributed by atoms with Gasteiger partial charge in [-0.2, -0.15) is 0 Å². The van der Waals surface area contributed by atoms with Crippen molar-refractivity contribution in [1.29, 1.82) is 0 Å². The molecular formula is C13H17NO2. The van der Waals surface area contributed by atoms with Gasteiger partial charge in [0.25, 0.3) is 0 Å². The van der Waals surface area contributed by atoms with Crippen molar-refractivity contribution in [3.8, 4) is 0 Å². The number of benzene rings is 1. The van der Waals surface area contributed by atoms with E-state index in [1.165, 1.54) is 11.1 Å². The second kappa shape index (κ2) is 4.56. The third-order valence-corrected chi connectivity index (χ3v) is 2.89. The number of hydrogen-bond acceptors (Lipinski definition) is 3. The van der Waals surface area contributed by atoms with Gasteiger partial charge in [0.15, 0.2) is 0 Å². The van der Waals surface area contributed by atoms with Gasteiger partial charge >= 0.3 is 5.97 Å². The molecule has 0 fully saturated rings. The highest BCUT2D eigenvalue weighted by atomic mass is 16.5. The van der Waals surface area contributed by atoms with Gasteiger partial charge in [-0.05, 0) is 31.9 Å². The van der Waals surface area contributed by atoms with E-state index in [2.05, 4.69) is 30.4 Å². The molecule has 0 aliphatic carbocycles.